The summed E-state index contributed by atoms with van der Waals surface area (Å²) in [5, 5.41) is 12.7. The van der Waals surface area contributed by atoms with Gasteiger partial charge in [-0.3, -0.25) is 14.4 Å². The van der Waals surface area contributed by atoms with E-state index in [1.807, 2.05) is 0 Å². The van der Waals surface area contributed by atoms with E-state index in [2.05, 4.69) is 5.32 Å². The van der Waals surface area contributed by atoms with Crippen molar-refractivity contribution in [1.29, 1.82) is 0 Å². The third-order valence-electron chi connectivity index (χ3n) is 6.20. The maximum Gasteiger partial charge on any atom is 0.307 e. The number of anilines is 1. The Kier molecular flexibility index (Phi) is 4.90. The molecule has 0 unspecified atom stereocenters. The Morgan fingerprint density at radius 2 is 1.76 bits per heavy atom. The number of amides is 2. The summed E-state index contributed by atoms with van der Waals surface area (Å²) in [5.41, 5.74) is 6.96. The fourth-order valence-electron chi connectivity index (χ4n) is 5.05. The zero-order valence-corrected chi connectivity index (χ0v) is 16.6. The Morgan fingerprint density at radius 3 is 2.34 bits per heavy atom. The standard InChI is InChI=1S/C21H21FN2O4S/c1-9-14(10-4-6-13(22)7-5-10)17(18(23)25)20(29-9)24-19(26)15-11-2-3-12(8-11)16(15)21(27)28/h4-7,11-12,15-16H,2-3,8H2,1H3,(H2,23,25)(H,24,26)(H,27,28)/t11-,12-,15-,16+/m0/s1. The minimum atomic E-state index is -0.943. The van der Waals surface area contributed by atoms with Crippen LogP contribution in [0.3, 0.4) is 0 Å². The van der Waals surface area contributed by atoms with Crippen molar-refractivity contribution in [3.8, 4) is 11.1 Å². The molecule has 2 fully saturated rings. The first kappa shape index (κ1) is 19.6. The second-order valence-corrected chi connectivity index (χ2v) is 9.05. The van der Waals surface area contributed by atoms with Crippen LogP contribution in [-0.2, 0) is 9.59 Å². The maximum atomic E-state index is 13.3. The van der Waals surface area contributed by atoms with Gasteiger partial charge in [0.15, 0.2) is 0 Å². The molecule has 0 spiro atoms. The van der Waals surface area contributed by atoms with E-state index in [9.17, 15) is 23.9 Å². The van der Waals surface area contributed by atoms with E-state index in [1.165, 1.54) is 23.5 Å². The van der Waals surface area contributed by atoms with E-state index in [-0.39, 0.29) is 23.3 Å². The van der Waals surface area contributed by atoms with Crippen LogP contribution in [-0.4, -0.2) is 22.9 Å². The number of thiophene rings is 1. The van der Waals surface area contributed by atoms with Gasteiger partial charge in [-0.05, 0) is 55.7 Å². The number of hydrogen-bond acceptors (Lipinski definition) is 4. The Morgan fingerprint density at radius 1 is 1.14 bits per heavy atom. The molecule has 8 heteroatoms. The molecule has 29 heavy (non-hydrogen) atoms. The van der Waals surface area contributed by atoms with Crippen LogP contribution >= 0.6 is 11.3 Å². The lowest BCUT2D eigenvalue weighted by molar-refractivity contribution is -0.148. The zero-order valence-electron chi connectivity index (χ0n) is 15.8. The van der Waals surface area contributed by atoms with Crippen LogP contribution in [0, 0.1) is 36.4 Å². The Bertz CT molecular complexity index is 1000. The molecule has 2 bridgehead atoms. The van der Waals surface area contributed by atoms with Crippen molar-refractivity contribution in [3.63, 3.8) is 0 Å². The molecule has 1 aromatic heterocycles. The summed E-state index contributed by atoms with van der Waals surface area (Å²) in [6.07, 6.45) is 2.44. The predicted octanol–water partition coefficient (Wildman–Crippen LogP) is 3.65. The van der Waals surface area contributed by atoms with Gasteiger partial charge < -0.3 is 16.2 Å². The average Bonchev–Trinajstić information content (AvgIpc) is 3.35. The number of halogens is 1. The lowest BCUT2D eigenvalue weighted by Gasteiger charge is -2.26. The van der Waals surface area contributed by atoms with E-state index >= 15 is 0 Å². The number of primary amides is 1. The van der Waals surface area contributed by atoms with Gasteiger partial charge in [0.05, 0.1) is 17.4 Å². The smallest absolute Gasteiger partial charge is 0.307 e. The third-order valence-corrected chi connectivity index (χ3v) is 7.23. The molecule has 152 valence electrons. The highest BCUT2D eigenvalue weighted by molar-refractivity contribution is 7.17. The van der Waals surface area contributed by atoms with Crippen LogP contribution in [0.2, 0.25) is 0 Å². The maximum absolute atomic E-state index is 13.3. The van der Waals surface area contributed by atoms with Crippen molar-refractivity contribution in [2.75, 3.05) is 5.32 Å². The van der Waals surface area contributed by atoms with Gasteiger partial charge in [0.25, 0.3) is 5.91 Å². The number of fused-ring (bicyclic) bond motifs is 2. The first-order valence-corrected chi connectivity index (χ1v) is 10.3. The fraction of sp³-hybridized carbons (Fsp3) is 0.381. The van der Waals surface area contributed by atoms with Crippen molar-refractivity contribution in [3.05, 3.63) is 40.5 Å². The van der Waals surface area contributed by atoms with Crippen LogP contribution in [0.1, 0.15) is 34.5 Å². The molecular weight excluding hydrogens is 395 g/mol. The van der Waals surface area contributed by atoms with Crippen molar-refractivity contribution in [2.24, 2.45) is 29.4 Å². The predicted molar refractivity (Wildman–Crippen MR) is 107 cm³/mol. The highest BCUT2D eigenvalue weighted by Gasteiger charge is 2.54. The topological polar surface area (TPSA) is 109 Å². The number of aliphatic carboxylic acids is 1. The molecule has 0 aliphatic heterocycles. The van der Waals surface area contributed by atoms with E-state index in [1.54, 1.807) is 19.1 Å². The molecule has 2 amide bonds. The van der Waals surface area contributed by atoms with Crippen LogP contribution < -0.4 is 11.1 Å². The minimum Gasteiger partial charge on any atom is -0.481 e. The molecule has 2 aliphatic rings. The number of aryl methyl sites for hydroxylation is 1. The van der Waals surface area contributed by atoms with E-state index < -0.39 is 29.5 Å². The van der Waals surface area contributed by atoms with E-state index in [0.29, 0.717) is 16.1 Å². The minimum absolute atomic E-state index is 0.0312. The SMILES string of the molecule is Cc1sc(NC(=O)[C@H]2[C@H]3CC[C@@H](C3)[C@H]2C(=O)O)c(C(N)=O)c1-c1ccc(F)cc1. The quantitative estimate of drug-likeness (QED) is 0.691. The Labute approximate surface area is 170 Å². The van der Waals surface area contributed by atoms with Crippen molar-refractivity contribution in [1.82, 2.24) is 0 Å². The van der Waals surface area contributed by atoms with Gasteiger partial charge in [0, 0.05) is 10.4 Å². The molecule has 0 saturated heterocycles. The molecule has 1 aromatic carbocycles. The number of hydrogen-bond donors (Lipinski definition) is 3. The van der Waals surface area contributed by atoms with Gasteiger partial charge in [-0.1, -0.05) is 12.1 Å². The van der Waals surface area contributed by atoms with Gasteiger partial charge in [0.2, 0.25) is 5.91 Å². The van der Waals surface area contributed by atoms with Gasteiger partial charge in [-0.25, -0.2) is 4.39 Å². The molecule has 2 saturated carbocycles. The molecule has 1 heterocycles. The van der Waals surface area contributed by atoms with Gasteiger partial charge >= 0.3 is 5.97 Å². The van der Waals surface area contributed by atoms with Crippen molar-refractivity contribution in [2.45, 2.75) is 26.2 Å². The van der Waals surface area contributed by atoms with E-state index in [0.717, 1.165) is 24.1 Å². The Balaban J connectivity index is 1.68. The second-order valence-electron chi connectivity index (χ2n) is 7.82. The zero-order chi connectivity index (χ0) is 20.9. The number of nitrogens with one attached hydrogen (secondary N) is 1. The number of carboxylic acid groups (broad SMARTS) is 1. The summed E-state index contributed by atoms with van der Waals surface area (Å²) in [7, 11) is 0. The molecule has 2 aromatic rings. The highest BCUT2D eigenvalue weighted by Crippen LogP contribution is 2.53. The Hall–Kier alpha value is -2.74. The molecule has 4 rings (SSSR count). The first-order valence-electron chi connectivity index (χ1n) is 9.50. The first-order chi connectivity index (χ1) is 13.8. The summed E-state index contributed by atoms with van der Waals surface area (Å²) in [6.45, 7) is 1.79. The molecule has 4 N–H and O–H groups in total. The van der Waals surface area contributed by atoms with E-state index in [4.69, 9.17) is 5.73 Å². The fourth-order valence-corrected chi connectivity index (χ4v) is 6.14. The van der Waals surface area contributed by atoms with Gasteiger partial charge in [-0.15, -0.1) is 11.3 Å². The van der Waals surface area contributed by atoms with Crippen LogP contribution in [0.4, 0.5) is 9.39 Å². The van der Waals surface area contributed by atoms with Crippen LogP contribution in [0.5, 0.6) is 0 Å². The summed E-state index contributed by atoms with van der Waals surface area (Å²) < 4.78 is 13.3. The number of carboxylic acids is 1. The summed E-state index contributed by atoms with van der Waals surface area (Å²) in [4.78, 5) is 37.7. The summed E-state index contributed by atoms with van der Waals surface area (Å²) in [6, 6.07) is 5.70. The number of carbonyl (C=O) groups is 3. The second kappa shape index (κ2) is 7.26. The number of carbonyl (C=O) groups excluding carboxylic acids is 2. The number of rotatable bonds is 5. The number of benzene rings is 1. The summed E-state index contributed by atoms with van der Waals surface area (Å²) in [5.74, 6) is -3.63. The highest BCUT2D eigenvalue weighted by atomic mass is 32.1. The molecular formula is C21H21FN2O4S. The lowest BCUT2D eigenvalue weighted by Crippen LogP contribution is -2.38. The molecule has 0 radical (unpaired) electrons. The van der Waals surface area contributed by atoms with Crippen LogP contribution in [0.25, 0.3) is 11.1 Å². The normalized spacial score (nSPS) is 25.2. The van der Waals surface area contributed by atoms with Crippen molar-refractivity contribution >= 4 is 34.1 Å². The van der Waals surface area contributed by atoms with Crippen molar-refractivity contribution < 1.29 is 23.9 Å². The lowest BCUT2D eigenvalue weighted by atomic mass is 9.78. The number of nitrogens with two attached hydrogens (primary N) is 1. The van der Waals surface area contributed by atoms with Gasteiger partial charge in [-0.2, -0.15) is 0 Å². The largest absolute Gasteiger partial charge is 0.481 e. The van der Waals surface area contributed by atoms with Gasteiger partial charge in [0.1, 0.15) is 10.8 Å². The third kappa shape index (κ3) is 3.31. The monoisotopic (exact) mass is 416 g/mol. The molecule has 2 aliphatic carbocycles. The molecule has 4 atom stereocenters. The summed E-state index contributed by atoms with van der Waals surface area (Å²) >= 11 is 1.21. The average molecular weight is 416 g/mol. The van der Waals surface area contributed by atoms with Crippen LogP contribution in [0.15, 0.2) is 24.3 Å². The molecule has 6 nitrogen and oxygen atoms in total.